The Balaban J connectivity index is 1.65. The molecule has 0 bridgehead atoms. The summed E-state index contributed by atoms with van der Waals surface area (Å²) in [7, 11) is -3.47. The number of hydrogen-bond acceptors (Lipinski definition) is 8. The summed E-state index contributed by atoms with van der Waals surface area (Å²) < 4.78 is 28.3. The minimum atomic E-state index is -3.47. The number of hydrogen-bond donors (Lipinski definition) is 1. The summed E-state index contributed by atoms with van der Waals surface area (Å²) in [4.78, 5) is 27.2. The second-order valence-electron chi connectivity index (χ2n) is 8.88. The quantitative estimate of drug-likeness (QED) is 0.371. The number of rotatable bonds is 4. The summed E-state index contributed by atoms with van der Waals surface area (Å²) in [5, 5.41) is 14.4. The fourth-order valence-corrected chi connectivity index (χ4v) is 6.12. The van der Waals surface area contributed by atoms with Crippen molar-refractivity contribution in [3.8, 4) is 11.8 Å². The van der Waals surface area contributed by atoms with Gasteiger partial charge in [-0.3, -0.25) is 9.36 Å². The molecule has 1 aliphatic rings. The van der Waals surface area contributed by atoms with Gasteiger partial charge in [-0.1, -0.05) is 29.8 Å². The molecule has 37 heavy (non-hydrogen) atoms. The first-order valence-corrected chi connectivity index (χ1v) is 13.6. The predicted octanol–water partition coefficient (Wildman–Crippen LogP) is 2.65. The van der Waals surface area contributed by atoms with Crippen LogP contribution < -0.4 is 10.5 Å². The van der Waals surface area contributed by atoms with E-state index in [1.54, 1.807) is 41.4 Å². The van der Waals surface area contributed by atoms with Crippen LogP contribution in [0.15, 0.2) is 59.9 Å². The number of nitriles is 1. The minimum absolute atomic E-state index is 0.0980. The van der Waals surface area contributed by atoms with E-state index in [0.29, 0.717) is 33.9 Å². The molecule has 0 aliphatic carbocycles. The molecule has 186 valence electrons. The van der Waals surface area contributed by atoms with Gasteiger partial charge in [-0.05, 0) is 24.6 Å². The molecule has 1 unspecified atom stereocenters. The predicted molar refractivity (Wildman–Crippen MR) is 138 cm³/mol. The first-order chi connectivity index (χ1) is 17.8. The van der Waals surface area contributed by atoms with Gasteiger partial charge in [0, 0.05) is 25.2 Å². The molecular weight excluding hydrogens is 516 g/mol. The average molecular weight is 535 g/mol. The second kappa shape index (κ2) is 8.43. The number of nitrogens with zero attached hydrogens (tertiary/aromatic N) is 7. The number of aromatic nitrogens is 6. The molecule has 0 spiro atoms. The van der Waals surface area contributed by atoms with E-state index in [0.717, 1.165) is 0 Å². The van der Waals surface area contributed by atoms with Crippen LogP contribution in [0, 0.1) is 11.3 Å². The van der Waals surface area contributed by atoms with Crippen LogP contribution in [-0.4, -0.2) is 55.6 Å². The Morgan fingerprint density at radius 1 is 1.19 bits per heavy atom. The molecule has 6 rings (SSSR count). The molecule has 13 heteroatoms. The van der Waals surface area contributed by atoms with Gasteiger partial charge in [0.15, 0.2) is 15.7 Å². The van der Waals surface area contributed by atoms with E-state index in [1.807, 2.05) is 6.07 Å². The van der Waals surface area contributed by atoms with Gasteiger partial charge in [0.05, 0.1) is 33.0 Å². The number of benzene rings is 1. The first-order valence-electron chi connectivity index (χ1n) is 11.3. The monoisotopic (exact) mass is 534 g/mol. The molecule has 0 radical (unpaired) electrons. The van der Waals surface area contributed by atoms with E-state index >= 15 is 0 Å². The third-order valence-corrected chi connectivity index (χ3v) is 8.54. The second-order valence-corrected chi connectivity index (χ2v) is 11.6. The van der Waals surface area contributed by atoms with E-state index in [1.165, 1.54) is 27.9 Å². The molecule has 1 saturated heterocycles. The number of H-pyrrole nitrogens is 1. The lowest BCUT2D eigenvalue weighted by Gasteiger charge is -2.27. The zero-order valence-corrected chi connectivity index (χ0v) is 21.0. The van der Waals surface area contributed by atoms with Crippen LogP contribution in [0.1, 0.15) is 23.9 Å². The van der Waals surface area contributed by atoms with E-state index in [2.05, 4.69) is 21.0 Å². The summed E-state index contributed by atoms with van der Waals surface area (Å²) in [5.41, 5.74) is 1.16. The van der Waals surface area contributed by atoms with E-state index < -0.39 is 21.1 Å². The van der Waals surface area contributed by atoms with Crippen molar-refractivity contribution in [2.75, 3.05) is 17.7 Å². The maximum Gasteiger partial charge on any atom is 0.284 e. The smallest absolute Gasteiger partial charge is 0.284 e. The lowest BCUT2D eigenvalue weighted by Crippen LogP contribution is -2.33. The molecule has 1 N–H and O–H groups in total. The number of para-hydroxylation sites is 1. The Kier molecular flexibility index (Phi) is 5.29. The molecule has 5 aromatic rings. The molecule has 2 atom stereocenters. The van der Waals surface area contributed by atoms with Gasteiger partial charge in [0.25, 0.3) is 5.56 Å². The van der Waals surface area contributed by atoms with Crippen molar-refractivity contribution in [2.45, 2.75) is 17.7 Å². The maximum absolute atomic E-state index is 13.8. The van der Waals surface area contributed by atoms with Crippen molar-refractivity contribution in [2.24, 2.45) is 0 Å². The Hall–Kier alpha value is -4.21. The zero-order chi connectivity index (χ0) is 25.9. The Bertz CT molecular complexity index is 1890. The number of anilines is 1. The molecule has 0 amide bonds. The van der Waals surface area contributed by atoms with Crippen molar-refractivity contribution < 1.29 is 8.42 Å². The lowest BCUT2D eigenvalue weighted by atomic mass is 10.1. The molecule has 1 fully saturated rings. The topological polar surface area (TPSA) is 142 Å². The van der Waals surface area contributed by atoms with E-state index in [-0.39, 0.29) is 29.1 Å². The van der Waals surface area contributed by atoms with Gasteiger partial charge in [-0.25, -0.2) is 22.9 Å². The first kappa shape index (κ1) is 23.2. The standard InChI is InChI=1S/C24H19ClN8O3S/c1-37(35,36)16-9-18(31(12-16)23-19-14(10-26)11-27-21(19)28-13-29-23)22-30-32-8-7-17(25)20(32)24(34)33(22)15-5-3-2-4-6-15/h2-8,11,13,16,18H,9,12H2,1H3,(H,27,28,29)/t16-,18?/m0/s1. The van der Waals surface area contributed by atoms with Gasteiger partial charge >= 0.3 is 0 Å². The number of halogens is 1. The number of fused-ring (bicyclic) bond motifs is 2. The third-order valence-electron chi connectivity index (χ3n) is 6.69. The third kappa shape index (κ3) is 3.66. The van der Waals surface area contributed by atoms with Crippen LogP contribution in [0.4, 0.5) is 5.82 Å². The van der Waals surface area contributed by atoms with Crippen molar-refractivity contribution in [3.05, 3.63) is 81.9 Å². The fourth-order valence-electron chi connectivity index (χ4n) is 4.93. The van der Waals surface area contributed by atoms with Crippen molar-refractivity contribution in [3.63, 3.8) is 0 Å². The van der Waals surface area contributed by atoms with E-state index in [9.17, 15) is 18.5 Å². The SMILES string of the molecule is CS(=O)(=O)[C@H]1CC(c2nn3ccc(Cl)c3c(=O)n2-c2ccccc2)N(c2ncnc3[nH]cc(C#N)c23)C1. The van der Waals surface area contributed by atoms with Crippen molar-refractivity contribution >= 4 is 43.8 Å². The summed E-state index contributed by atoms with van der Waals surface area (Å²) >= 11 is 6.33. The number of aromatic amines is 1. The Morgan fingerprint density at radius 2 is 1.97 bits per heavy atom. The highest BCUT2D eigenvalue weighted by molar-refractivity contribution is 7.91. The molecule has 0 saturated carbocycles. The van der Waals surface area contributed by atoms with Gasteiger partial charge in [-0.2, -0.15) is 10.4 Å². The zero-order valence-electron chi connectivity index (χ0n) is 19.4. The summed E-state index contributed by atoms with van der Waals surface area (Å²) in [6, 6.07) is 12.0. The Labute approximate surface area is 215 Å². The number of nitrogens with one attached hydrogen (secondary N) is 1. The van der Waals surface area contributed by atoms with Gasteiger partial charge in [0.1, 0.15) is 29.4 Å². The molecular formula is C24H19ClN8O3S. The van der Waals surface area contributed by atoms with Gasteiger partial charge in [0.2, 0.25) is 0 Å². The molecule has 5 heterocycles. The highest BCUT2D eigenvalue weighted by Gasteiger charge is 2.42. The largest absolute Gasteiger partial charge is 0.345 e. The van der Waals surface area contributed by atoms with Crippen molar-refractivity contribution in [1.82, 2.24) is 29.1 Å². The highest BCUT2D eigenvalue weighted by atomic mass is 35.5. The number of sulfone groups is 1. The van der Waals surface area contributed by atoms with Gasteiger partial charge in [-0.15, -0.1) is 0 Å². The van der Waals surface area contributed by atoms with Gasteiger partial charge < -0.3 is 9.88 Å². The molecule has 1 aromatic carbocycles. The van der Waals surface area contributed by atoms with Crippen molar-refractivity contribution in [1.29, 1.82) is 5.26 Å². The maximum atomic E-state index is 13.8. The van der Waals surface area contributed by atoms with Crippen LogP contribution in [0.2, 0.25) is 5.02 Å². The summed E-state index contributed by atoms with van der Waals surface area (Å²) in [5.74, 6) is 0.710. The van der Waals surface area contributed by atoms with E-state index in [4.69, 9.17) is 16.7 Å². The lowest BCUT2D eigenvalue weighted by molar-refractivity contribution is 0.578. The summed E-state index contributed by atoms with van der Waals surface area (Å²) in [6.07, 6.45) is 5.84. The van der Waals surface area contributed by atoms with Crippen LogP contribution in [0.25, 0.3) is 22.2 Å². The molecule has 1 aliphatic heterocycles. The average Bonchev–Trinajstić information content (AvgIpc) is 3.61. The molecule has 11 nitrogen and oxygen atoms in total. The molecule has 4 aromatic heterocycles. The van der Waals surface area contributed by atoms with Crippen LogP contribution >= 0.6 is 11.6 Å². The van der Waals surface area contributed by atoms with Crippen LogP contribution in [0.3, 0.4) is 0 Å². The highest BCUT2D eigenvalue weighted by Crippen LogP contribution is 2.40. The van der Waals surface area contributed by atoms with Crippen LogP contribution in [-0.2, 0) is 9.84 Å². The van der Waals surface area contributed by atoms with Crippen LogP contribution in [0.5, 0.6) is 0 Å². The Morgan fingerprint density at radius 3 is 2.70 bits per heavy atom. The normalized spacial score (nSPS) is 18.0. The fraction of sp³-hybridized carbons (Fsp3) is 0.208. The summed E-state index contributed by atoms with van der Waals surface area (Å²) in [6.45, 7) is 0.0980. The minimum Gasteiger partial charge on any atom is -0.345 e.